The average Bonchev–Trinajstić information content (AvgIpc) is 3.01. The van der Waals surface area contributed by atoms with Crippen molar-refractivity contribution in [3.63, 3.8) is 0 Å². The van der Waals surface area contributed by atoms with Gasteiger partial charge >= 0.3 is 5.97 Å². The zero-order valence-electron chi connectivity index (χ0n) is 13.8. The number of hydrogen-bond acceptors (Lipinski definition) is 5. The molecule has 0 radical (unpaired) electrons. The first kappa shape index (κ1) is 18.2. The number of benzene rings is 1. The molecule has 23 heavy (non-hydrogen) atoms. The average molecular weight is 354 g/mol. The van der Waals surface area contributed by atoms with Crippen LogP contribution in [-0.2, 0) is 9.59 Å². The van der Waals surface area contributed by atoms with E-state index in [4.69, 9.17) is 4.74 Å². The molecular weight excluding hydrogens is 330 g/mol. The highest BCUT2D eigenvalue weighted by Gasteiger charge is 2.21. The van der Waals surface area contributed by atoms with Gasteiger partial charge in [-0.3, -0.25) is 9.59 Å². The Labute approximate surface area is 146 Å². The second-order valence-corrected chi connectivity index (χ2v) is 9.10. The van der Waals surface area contributed by atoms with Crippen molar-refractivity contribution in [2.75, 3.05) is 18.1 Å². The Morgan fingerprint density at radius 3 is 2.35 bits per heavy atom. The molecule has 0 atom stereocenters. The van der Waals surface area contributed by atoms with Crippen LogP contribution in [0.15, 0.2) is 24.3 Å². The van der Waals surface area contributed by atoms with E-state index in [1.54, 1.807) is 0 Å². The van der Waals surface area contributed by atoms with Gasteiger partial charge in [0, 0.05) is 23.5 Å². The van der Waals surface area contributed by atoms with E-state index in [-0.39, 0.29) is 18.3 Å². The van der Waals surface area contributed by atoms with Crippen LogP contribution in [-0.4, -0.2) is 29.9 Å². The van der Waals surface area contributed by atoms with E-state index in [0.29, 0.717) is 16.9 Å². The summed E-state index contributed by atoms with van der Waals surface area (Å²) in [6.45, 7) is 5.80. The zero-order valence-corrected chi connectivity index (χ0v) is 15.4. The standard InChI is InChI=1S/C17H23NO3S2/c1-17(2,3)16(20)18-9-8-14(19)21-13-6-4-12(5-7-13)15-22-10-11-23-15/h4-7,15H,8-11H2,1-3H3,(H,18,20). The van der Waals surface area contributed by atoms with Gasteiger partial charge in [0.1, 0.15) is 5.75 Å². The summed E-state index contributed by atoms with van der Waals surface area (Å²) in [5.74, 6) is 2.52. The Bertz CT molecular complexity index is 546. The topological polar surface area (TPSA) is 55.4 Å². The predicted molar refractivity (Wildman–Crippen MR) is 96.8 cm³/mol. The molecule has 1 heterocycles. The van der Waals surface area contributed by atoms with Crippen LogP contribution in [0.2, 0.25) is 0 Å². The molecule has 1 aliphatic heterocycles. The number of amides is 1. The van der Waals surface area contributed by atoms with Crippen LogP contribution in [0.4, 0.5) is 0 Å². The second-order valence-electron chi connectivity index (χ2n) is 6.37. The molecule has 4 nitrogen and oxygen atoms in total. The summed E-state index contributed by atoms with van der Waals surface area (Å²) >= 11 is 3.89. The Kier molecular flexibility index (Phi) is 6.41. The highest BCUT2D eigenvalue weighted by Crippen LogP contribution is 2.45. The molecule has 2 rings (SSSR count). The molecule has 6 heteroatoms. The van der Waals surface area contributed by atoms with Crippen molar-refractivity contribution in [3.05, 3.63) is 29.8 Å². The van der Waals surface area contributed by atoms with Gasteiger partial charge in [-0.1, -0.05) is 32.9 Å². The highest BCUT2D eigenvalue weighted by atomic mass is 32.2. The molecule has 0 unspecified atom stereocenters. The minimum atomic E-state index is -0.448. The summed E-state index contributed by atoms with van der Waals surface area (Å²) in [6, 6.07) is 7.70. The third-order valence-corrected chi connectivity index (χ3v) is 6.41. The molecule has 0 aromatic heterocycles. The van der Waals surface area contributed by atoms with Crippen LogP contribution in [0.3, 0.4) is 0 Å². The van der Waals surface area contributed by atoms with Crippen molar-refractivity contribution >= 4 is 35.4 Å². The molecule has 1 fully saturated rings. The van der Waals surface area contributed by atoms with Gasteiger partial charge in [-0.25, -0.2) is 0 Å². The van der Waals surface area contributed by atoms with Crippen LogP contribution in [0.25, 0.3) is 0 Å². The molecule has 1 N–H and O–H groups in total. The number of carbonyl (C=O) groups is 2. The van der Waals surface area contributed by atoms with Crippen molar-refractivity contribution in [2.24, 2.45) is 5.41 Å². The summed E-state index contributed by atoms with van der Waals surface area (Å²) < 4.78 is 5.79. The summed E-state index contributed by atoms with van der Waals surface area (Å²) in [5, 5.41) is 2.74. The highest BCUT2D eigenvalue weighted by molar-refractivity contribution is 8.19. The SMILES string of the molecule is CC(C)(C)C(=O)NCCC(=O)Oc1ccc(C2SCCS2)cc1. The van der Waals surface area contributed by atoms with E-state index >= 15 is 0 Å². The Hall–Kier alpha value is -1.14. The van der Waals surface area contributed by atoms with Gasteiger partial charge < -0.3 is 10.1 Å². The van der Waals surface area contributed by atoms with E-state index in [9.17, 15) is 9.59 Å². The summed E-state index contributed by atoms with van der Waals surface area (Å²) in [6.07, 6.45) is 0.165. The monoisotopic (exact) mass is 353 g/mol. The third kappa shape index (κ3) is 5.77. The fourth-order valence-electron chi connectivity index (χ4n) is 1.97. The van der Waals surface area contributed by atoms with Crippen LogP contribution in [0.1, 0.15) is 37.3 Å². The minimum absolute atomic E-state index is 0.0683. The van der Waals surface area contributed by atoms with Crippen LogP contribution >= 0.6 is 23.5 Å². The molecule has 0 aliphatic carbocycles. The molecule has 0 spiro atoms. The maximum atomic E-state index is 11.8. The molecule has 1 aromatic carbocycles. The van der Waals surface area contributed by atoms with Crippen molar-refractivity contribution < 1.29 is 14.3 Å². The lowest BCUT2D eigenvalue weighted by Crippen LogP contribution is -2.36. The Morgan fingerprint density at radius 1 is 1.17 bits per heavy atom. The maximum absolute atomic E-state index is 11.8. The van der Waals surface area contributed by atoms with Gasteiger partial charge in [-0.15, -0.1) is 23.5 Å². The van der Waals surface area contributed by atoms with Gasteiger partial charge in [0.2, 0.25) is 5.91 Å². The molecule has 126 valence electrons. The van der Waals surface area contributed by atoms with Crippen molar-refractivity contribution in [3.8, 4) is 5.75 Å². The largest absolute Gasteiger partial charge is 0.426 e. The van der Waals surface area contributed by atoms with E-state index in [0.717, 1.165) is 0 Å². The lowest BCUT2D eigenvalue weighted by Gasteiger charge is -2.17. The number of rotatable bonds is 5. The first-order valence-corrected chi connectivity index (χ1v) is 9.78. The Morgan fingerprint density at radius 2 is 1.78 bits per heavy atom. The number of esters is 1. The molecule has 1 aromatic rings. The van der Waals surface area contributed by atoms with Gasteiger partial charge in [0.05, 0.1) is 11.0 Å². The van der Waals surface area contributed by atoms with Gasteiger partial charge in [-0.05, 0) is 17.7 Å². The maximum Gasteiger partial charge on any atom is 0.312 e. The lowest BCUT2D eigenvalue weighted by atomic mass is 9.96. The normalized spacial score (nSPS) is 15.4. The number of nitrogens with one attached hydrogen (secondary N) is 1. The fourth-order valence-corrected chi connectivity index (χ4v) is 4.83. The quantitative estimate of drug-likeness (QED) is 0.647. The van der Waals surface area contributed by atoms with Crippen LogP contribution in [0, 0.1) is 5.41 Å². The fraction of sp³-hybridized carbons (Fsp3) is 0.529. The molecular formula is C17H23NO3S2. The number of hydrogen-bond donors (Lipinski definition) is 1. The minimum Gasteiger partial charge on any atom is -0.426 e. The first-order valence-electron chi connectivity index (χ1n) is 7.68. The third-order valence-electron chi connectivity index (χ3n) is 3.30. The van der Waals surface area contributed by atoms with E-state index < -0.39 is 5.41 Å². The molecule has 1 amide bonds. The van der Waals surface area contributed by atoms with E-state index in [1.807, 2.05) is 68.6 Å². The first-order chi connectivity index (χ1) is 10.9. The number of ether oxygens (including phenoxy) is 1. The van der Waals surface area contributed by atoms with Gasteiger partial charge in [-0.2, -0.15) is 0 Å². The van der Waals surface area contributed by atoms with Gasteiger partial charge in [0.15, 0.2) is 0 Å². The van der Waals surface area contributed by atoms with Crippen LogP contribution < -0.4 is 10.1 Å². The number of carbonyl (C=O) groups excluding carboxylic acids is 2. The summed E-state index contributed by atoms with van der Waals surface area (Å²) in [4.78, 5) is 23.5. The van der Waals surface area contributed by atoms with E-state index in [2.05, 4.69) is 5.32 Å². The predicted octanol–water partition coefficient (Wildman–Crippen LogP) is 3.62. The zero-order chi connectivity index (χ0) is 16.9. The van der Waals surface area contributed by atoms with Crippen molar-refractivity contribution in [1.82, 2.24) is 5.32 Å². The Balaban J connectivity index is 1.75. The molecule has 1 saturated heterocycles. The lowest BCUT2D eigenvalue weighted by molar-refractivity contribution is -0.134. The molecule has 1 aliphatic rings. The summed E-state index contributed by atoms with van der Waals surface area (Å²) in [5.41, 5.74) is 0.811. The molecule has 0 saturated carbocycles. The van der Waals surface area contributed by atoms with Crippen LogP contribution in [0.5, 0.6) is 5.75 Å². The van der Waals surface area contributed by atoms with Crippen molar-refractivity contribution in [2.45, 2.75) is 31.8 Å². The molecule has 0 bridgehead atoms. The second kappa shape index (κ2) is 8.11. The number of thioether (sulfide) groups is 2. The van der Waals surface area contributed by atoms with Crippen molar-refractivity contribution in [1.29, 1.82) is 0 Å². The summed E-state index contributed by atoms with van der Waals surface area (Å²) in [7, 11) is 0. The smallest absolute Gasteiger partial charge is 0.312 e. The van der Waals surface area contributed by atoms with Gasteiger partial charge in [0.25, 0.3) is 0 Å². The van der Waals surface area contributed by atoms with E-state index in [1.165, 1.54) is 17.1 Å².